The average molecular weight is 394 g/mol. The molecular weight excluding hydrogens is 366 g/mol. The van der Waals surface area contributed by atoms with E-state index in [0.717, 1.165) is 59.5 Å². The van der Waals surface area contributed by atoms with Gasteiger partial charge in [-0.05, 0) is 41.1 Å². The highest BCUT2D eigenvalue weighted by molar-refractivity contribution is 5.88. The quantitative estimate of drug-likeness (QED) is 0.672. The Hall–Kier alpha value is -2.92. The number of quaternary nitrogens is 1. The number of nitrogens with one attached hydrogen (secondary N) is 1. The minimum Gasteiger partial charge on any atom is -0.507 e. The van der Waals surface area contributed by atoms with Crippen LogP contribution in [0.25, 0.3) is 10.8 Å². The van der Waals surface area contributed by atoms with Crippen LogP contribution in [-0.2, 0) is 6.54 Å². The lowest BCUT2D eigenvalue weighted by molar-refractivity contribution is -0.931. The molecule has 0 aromatic heterocycles. The first-order chi connectivity index (χ1) is 14.1. The van der Waals surface area contributed by atoms with Crippen LogP contribution in [0.1, 0.15) is 30.0 Å². The molecule has 2 N–H and O–H groups in total. The first-order valence-corrected chi connectivity index (χ1v) is 9.99. The molecule has 5 heteroatoms. The van der Waals surface area contributed by atoms with Gasteiger partial charge in [-0.3, -0.25) is 0 Å². The molecule has 1 heterocycles. The van der Waals surface area contributed by atoms with Gasteiger partial charge in [-0.15, -0.1) is 0 Å². The summed E-state index contributed by atoms with van der Waals surface area (Å²) in [5, 5.41) is 12.8. The van der Waals surface area contributed by atoms with Gasteiger partial charge in [-0.25, -0.2) is 0 Å². The standard InChI is InChI=1S/C24H27NO4/c1-27-17-8-6-16-7-11-23(26)21(20(16)13-17)15-25-12-4-5-22(25)19-10-9-18(28-2)14-24(19)29-3/h6-11,13-14,22,26H,4-5,12,15H2,1-3H3/p+1/t22-/m0/s1. The highest BCUT2D eigenvalue weighted by atomic mass is 16.5. The normalized spacial score (nSPS) is 18.7. The molecular formula is C24H28NO4+. The minimum atomic E-state index is 0.316. The zero-order valence-electron chi connectivity index (χ0n) is 17.2. The van der Waals surface area contributed by atoms with Gasteiger partial charge in [0.05, 0.1) is 39.0 Å². The Bertz CT molecular complexity index is 1020. The van der Waals surface area contributed by atoms with E-state index in [4.69, 9.17) is 14.2 Å². The van der Waals surface area contributed by atoms with Crippen molar-refractivity contribution in [3.05, 3.63) is 59.7 Å². The molecule has 0 aliphatic carbocycles. The van der Waals surface area contributed by atoms with E-state index in [2.05, 4.69) is 6.07 Å². The fourth-order valence-corrected chi connectivity index (χ4v) is 4.49. The van der Waals surface area contributed by atoms with Crippen molar-refractivity contribution in [1.29, 1.82) is 0 Å². The molecule has 29 heavy (non-hydrogen) atoms. The van der Waals surface area contributed by atoms with Gasteiger partial charge in [0.1, 0.15) is 35.6 Å². The molecule has 0 radical (unpaired) electrons. The molecule has 0 amide bonds. The molecule has 3 aromatic carbocycles. The van der Waals surface area contributed by atoms with E-state index in [1.165, 1.54) is 10.5 Å². The van der Waals surface area contributed by atoms with E-state index < -0.39 is 0 Å². The van der Waals surface area contributed by atoms with Crippen molar-refractivity contribution in [2.24, 2.45) is 0 Å². The van der Waals surface area contributed by atoms with E-state index in [1.807, 2.05) is 36.4 Å². The van der Waals surface area contributed by atoms with E-state index in [1.54, 1.807) is 27.4 Å². The number of phenolic OH excluding ortho intramolecular Hbond substituents is 1. The van der Waals surface area contributed by atoms with E-state index in [-0.39, 0.29) is 0 Å². The Morgan fingerprint density at radius 1 is 0.931 bits per heavy atom. The fraction of sp³-hybridized carbons (Fsp3) is 0.333. The average Bonchev–Trinajstić information content (AvgIpc) is 3.22. The van der Waals surface area contributed by atoms with Crippen molar-refractivity contribution in [3.8, 4) is 23.0 Å². The molecule has 0 saturated carbocycles. The summed E-state index contributed by atoms with van der Waals surface area (Å²) in [6, 6.07) is 16.1. The lowest BCUT2D eigenvalue weighted by Crippen LogP contribution is -3.08. The number of hydrogen-bond acceptors (Lipinski definition) is 4. The summed E-state index contributed by atoms with van der Waals surface area (Å²) < 4.78 is 16.4. The maximum atomic E-state index is 10.7. The summed E-state index contributed by atoms with van der Waals surface area (Å²) in [6.45, 7) is 1.80. The number of likely N-dealkylation sites (tertiary alicyclic amines) is 1. The smallest absolute Gasteiger partial charge is 0.131 e. The second-order valence-corrected chi connectivity index (χ2v) is 7.54. The summed E-state index contributed by atoms with van der Waals surface area (Å²) in [7, 11) is 5.04. The van der Waals surface area contributed by atoms with Crippen LogP contribution in [0, 0.1) is 0 Å². The summed E-state index contributed by atoms with van der Waals surface area (Å²) in [4.78, 5) is 1.43. The maximum Gasteiger partial charge on any atom is 0.131 e. The van der Waals surface area contributed by atoms with Crippen molar-refractivity contribution < 1.29 is 24.2 Å². The van der Waals surface area contributed by atoms with Gasteiger partial charge < -0.3 is 24.2 Å². The summed E-state index contributed by atoms with van der Waals surface area (Å²) >= 11 is 0. The summed E-state index contributed by atoms with van der Waals surface area (Å²) in [6.07, 6.45) is 2.23. The third-order valence-corrected chi connectivity index (χ3v) is 6.02. The largest absolute Gasteiger partial charge is 0.507 e. The molecule has 1 fully saturated rings. The Morgan fingerprint density at radius 3 is 2.41 bits per heavy atom. The number of hydrogen-bond donors (Lipinski definition) is 2. The van der Waals surface area contributed by atoms with Gasteiger partial charge >= 0.3 is 0 Å². The van der Waals surface area contributed by atoms with Crippen LogP contribution in [0.5, 0.6) is 23.0 Å². The lowest BCUT2D eigenvalue weighted by Gasteiger charge is -2.24. The van der Waals surface area contributed by atoms with Crippen molar-refractivity contribution in [2.75, 3.05) is 27.9 Å². The number of rotatable bonds is 6. The molecule has 0 spiro atoms. The van der Waals surface area contributed by atoms with Gasteiger partial charge in [-0.1, -0.05) is 12.1 Å². The number of fused-ring (bicyclic) bond motifs is 1. The SMILES string of the molecule is COc1ccc([C@@H]2CCC[NH+]2Cc2c(O)ccc3ccc(OC)cc23)c(OC)c1. The molecule has 152 valence electrons. The minimum absolute atomic E-state index is 0.316. The van der Waals surface area contributed by atoms with E-state index in [9.17, 15) is 5.11 Å². The van der Waals surface area contributed by atoms with Gasteiger partial charge in [0.2, 0.25) is 0 Å². The fourth-order valence-electron chi connectivity index (χ4n) is 4.49. The third kappa shape index (κ3) is 3.70. The second kappa shape index (κ2) is 8.21. The van der Waals surface area contributed by atoms with Crippen molar-refractivity contribution in [3.63, 3.8) is 0 Å². The second-order valence-electron chi connectivity index (χ2n) is 7.54. The first kappa shape index (κ1) is 19.4. The number of ether oxygens (including phenoxy) is 3. The van der Waals surface area contributed by atoms with Gasteiger partial charge in [0.25, 0.3) is 0 Å². The number of phenols is 1. The monoisotopic (exact) mass is 394 g/mol. The third-order valence-electron chi connectivity index (χ3n) is 6.02. The van der Waals surface area contributed by atoms with Crippen molar-refractivity contribution in [2.45, 2.75) is 25.4 Å². The number of aromatic hydroxyl groups is 1. The molecule has 5 nitrogen and oxygen atoms in total. The van der Waals surface area contributed by atoms with Crippen LogP contribution >= 0.6 is 0 Å². The molecule has 1 saturated heterocycles. The lowest BCUT2D eigenvalue weighted by atomic mass is 10.00. The van der Waals surface area contributed by atoms with E-state index >= 15 is 0 Å². The highest BCUT2D eigenvalue weighted by Gasteiger charge is 2.33. The topological polar surface area (TPSA) is 52.4 Å². The number of methoxy groups -OCH3 is 3. The Labute approximate surface area is 171 Å². The summed E-state index contributed by atoms with van der Waals surface area (Å²) in [5.41, 5.74) is 2.16. The Balaban J connectivity index is 1.70. The van der Waals surface area contributed by atoms with Gasteiger partial charge in [0, 0.05) is 18.9 Å². The Kier molecular flexibility index (Phi) is 5.49. The van der Waals surface area contributed by atoms with Crippen molar-refractivity contribution in [1.82, 2.24) is 0 Å². The molecule has 1 unspecified atom stereocenters. The molecule has 3 aromatic rings. The van der Waals surface area contributed by atoms with Gasteiger partial charge in [0.15, 0.2) is 0 Å². The Morgan fingerprint density at radius 2 is 1.66 bits per heavy atom. The molecule has 2 atom stereocenters. The van der Waals surface area contributed by atoms with Crippen LogP contribution < -0.4 is 19.1 Å². The zero-order valence-corrected chi connectivity index (χ0v) is 17.2. The first-order valence-electron chi connectivity index (χ1n) is 9.99. The van der Waals surface area contributed by atoms with Crippen LogP contribution in [0.2, 0.25) is 0 Å². The molecule has 4 rings (SSSR count). The molecule has 1 aliphatic rings. The van der Waals surface area contributed by atoms with Crippen molar-refractivity contribution >= 4 is 10.8 Å². The zero-order chi connectivity index (χ0) is 20.4. The van der Waals surface area contributed by atoms with Crippen LogP contribution in [-0.4, -0.2) is 33.0 Å². The maximum absolute atomic E-state index is 10.7. The molecule has 0 bridgehead atoms. The summed E-state index contributed by atoms with van der Waals surface area (Å²) in [5.74, 6) is 2.79. The predicted octanol–water partition coefficient (Wildman–Crippen LogP) is 3.49. The van der Waals surface area contributed by atoms with E-state index in [0.29, 0.717) is 11.8 Å². The molecule has 1 aliphatic heterocycles. The van der Waals surface area contributed by atoms with Crippen LogP contribution in [0.3, 0.4) is 0 Å². The highest BCUT2D eigenvalue weighted by Crippen LogP contribution is 2.33. The van der Waals surface area contributed by atoms with Crippen LogP contribution in [0.15, 0.2) is 48.5 Å². The van der Waals surface area contributed by atoms with Gasteiger partial charge in [-0.2, -0.15) is 0 Å². The van der Waals surface area contributed by atoms with Crippen LogP contribution in [0.4, 0.5) is 0 Å². The number of benzene rings is 3. The predicted molar refractivity (Wildman–Crippen MR) is 113 cm³/mol.